The molecule has 0 unspecified atom stereocenters. The first kappa shape index (κ1) is 19.4. The van der Waals surface area contributed by atoms with Gasteiger partial charge < -0.3 is 5.32 Å². The molecule has 1 aromatic carbocycles. The van der Waals surface area contributed by atoms with Crippen molar-refractivity contribution in [2.45, 2.75) is 11.7 Å². The van der Waals surface area contributed by atoms with E-state index in [-0.39, 0.29) is 11.7 Å². The number of carbonyl (C=O) groups excluding carboxylic acids is 1. The van der Waals surface area contributed by atoms with E-state index in [1.54, 1.807) is 24.3 Å². The average molecular weight is 420 g/mol. The number of benzene rings is 1. The topological polar surface area (TPSA) is 72.7 Å². The maximum atomic E-state index is 12.2. The number of thioether (sulfide) groups is 1. The van der Waals surface area contributed by atoms with E-state index in [0.717, 1.165) is 5.56 Å². The molecule has 2 heterocycles. The second-order valence-corrected chi connectivity index (χ2v) is 7.17. The first-order chi connectivity index (χ1) is 13.1. The number of pyridine rings is 1. The molecule has 2 aromatic heterocycles. The molecule has 0 aliphatic rings. The summed E-state index contributed by atoms with van der Waals surface area (Å²) in [5, 5.41) is 12.8. The van der Waals surface area contributed by atoms with Gasteiger partial charge in [-0.15, -0.1) is 16.8 Å². The van der Waals surface area contributed by atoms with Crippen LogP contribution in [0.25, 0.3) is 11.4 Å². The zero-order chi connectivity index (χ0) is 19.2. The van der Waals surface area contributed by atoms with Crippen LogP contribution in [0.4, 0.5) is 5.82 Å². The van der Waals surface area contributed by atoms with Crippen molar-refractivity contribution in [3.8, 4) is 11.4 Å². The van der Waals surface area contributed by atoms with Gasteiger partial charge in [0.15, 0.2) is 11.0 Å². The molecule has 0 bridgehead atoms. The highest BCUT2D eigenvalue weighted by Crippen LogP contribution is 2.29. The van der Waals surface area contributed by atoms with E-state index in [9.17, 15) is 4.79 Å². The van der Waals surface area contributed by atoms with E-state index in [1.165, 1.54) is 18.0 Å². The number of nitrogens with zero attached hydrogens (tertiary/aromatic N) is 4. The van der Waals surface area contributed by atoms with Gasteiger partial charge in [0.25, 0.3) is 0 Å². The SMILES string of the molecule is C=CCn1c(SCC(=O)Nc2ccc(Cl)cn2)nnc1-c1ccccc1Cl. The Morgan fingerprint density at radius 1 is 1.22 bits per heavy atom. The molecule has 138 valence electrons. The lowest BCUT2D eigenvalue weighted by atomic mass is 10.2. The van der Waals surface area contributed by atoms with Gasteiger partial charge in [0.2, 0.25) is 5.91 Å². The van der Waals surface area contributed by atoms with Crippen molar-refractivity contribution in [1.29, 1.82) is 0 Å². The molecule has 0 spiro atoms. The fourth-order valence-corrected chi connectivity index (χ4v) is 3.37. The Bertz CT molecular complexity index is 959. The molecule has 0 aliphatic heterocycles. The largest absolute Gasteiger partial charge is 0.310 e. The number of nitrogens with one attached hydrogen (secondary N) is 1. The van der Waals surface area contributed by atoms with Gasteiger partial charge in [-0.25, -0.2) is 4.98 Å². The lowest BCUT2D eigenvalue weighted by Crippen LogP contribution is -2.15. The molecule has 6 nitrogen and oxygen atoms in total. The van der Waals surface area contributed by atoms with Crippen LogP contribution in [0.5, 0.6) is 0 Å². The Labute approximate surface area is 170 Å². The van der Waals surface area contributed by atoms with Crippen LogP contribution < -0.4 is 5.32 Å². The second kappa shape index (κ2) is 9.03. The summed E-state index contributed by atoms with van der Waals surface area (Å²) < 4.78 is 1.87. The summed E-state index contributed by atoms with van der Waals surface area (Å²) in [6, 6.07) is 10.7. The molecule has 0 saturated carbocycles. The zero-order valence-electron chi connectivity index (χ0n) is 14.1. The van der Waals surface area contributed by atoms with E-state index < -0.39 is 0 Å². The van der Waals surface area contributed by atoms with Gasteiger partial charge in [0.05, 0.1) is 15.8 Å². The fourth-order valence-electron chi connectivity index (χ4n) is 2.29. The fraction of sp³-hybridized carbons (Fsp3) is 0.111. The first-order valence-electron chi connectivity index (χ1n) is 7.91. The first-order valence-corrected chi connectivity index (χ1v) is 9.66. The van der Waals surface area contributed by atoms with Crippen molar-refractivity contribution >= 4 is 46.7 Å². The van der Waals surface area contributed by atoms with Crippen molar-refractivity contribution in [2.75, 3.05) is 11.1 Å². The molecule has 1 amide bonds. The Kier molecular flexibility index (Phi) is 6.49. The smallest absolute Gasteiger partial charge is 0.236 e. The molecule has 3 aromatic rings. The molecular formula is C18H15Cl2N5OS. The van der Waals surface area contributed by atoms with E-state index in [1.807, 2.05) is 22.8 Å². The third-order valence-corrected chi connectivity index (χ3v) is 4.99. The van der Waals surface area contributed by atoms with E-state index in [2.05, 4.69) is 27.1 Å². The summed E-state index contributed by atoms with van der Waals surface area (Å²) >= 11 is 13.3. The predicted octanol–water partition coefficient (Wildman–Crippen LogP) is 4.56. The zero-order valence-corrected chi connectivity index (χ0v) is 16.4. The summed E-state index contributed by atoms with van der Waals surface area (Å²) in [6.45, 7) is 4.27. The number of hydrogen-bond acceptors (Lipinski definition) is 5. The minimum absolute atomic E-state index is 0.155. The molecule has 3 rings (SSSR count). The standard InChI is InChI=1S/C18H15Cl2N5OS/c1-2-9-25-17(13-5-3-4-6-14(13)20)23-24-18(25)27-11-16(26)22-15-8-7-12(19)10-21-15/h2-8,10H,1,9,11H2,(H,21,22,26). The molecule has 1 N–H and O–H groups in total. The Morgan fingerprint density at radius 3 is 2.74 bits per heavy atom. The minimum Gasteiger partial charge on any atom is -0.310 e. The van der Waals surface area contributed by atoms with Gasteiger partial charge in [-0.05, 0) is 24.3 Å². The Morgan fingerprint density at radius 2 is 2.04 bits per heavy atom. The van der Waals surface area contributed by atoms with E-state index in [0.29, 0.717) is 33.4 Å². The van der Waals surface area contributed by atoms with Gasteiger partial charge >= 0.3 is 0 Å². The monoisotopic (exact) mass is 419 g/mol. The summed E-state index contributed by atoms with van der Waals surface area (Å²) in [7, 11) is 0. The van der Waals surface area contributed by atoms with E-state index >= 15 is 0 Å². The summed E-state index contributed by atoms with van der Waals surface area (Å²) in [5.41, 5.74) is 0.773. The van der Waals surface area contributed by atoms with Gasteiger partial charge in [-0.1, -0.05) is 53.2 Å². The molecule has 9 heteroatoms. The second-order valence-electron chi connectivity index (χ2n) is 5.38. The van der Waals surface area contributed by atoms with Crippen LogP contribution in [0.3, 0.4) is 0 Å². The number of halogens is 2. The number of allylic oxidation sites excluding steroid dienone is 1. The Hall–Kier alpha value is -2.35. The molecule has 0 aliphatic carbocycles. The number of carbonyl (C=O) groups is 1. The van der Waals surface area contributed by atoms with E-state index in [4.69, 9.17) is 23.2 Å². The third kappa shape index (κ3) is 4.88. The molecular weight excluding hydrogens is 405 g/mol. The van der Waals surface area contributed by atoms with Crippen LogP contribution in [0.15, 0.2) is 60.4 Å². The number of rotatable bonds is 7. The van der Waals surface area contributed by atoms with Crippen molar-refractivity contribution < 1.29 is 4.79 Å². The highest BCUT2D eigenvalue weighted by atomic mass is 35.5. The third-order valence-electron chi connectivity index (χ3n) is 3.47. The van der Waals surface area contributed by atoms with Crippen molar-refractivity contribution in [1.82, 2.24) is 19.7 Å². The van der Waals surface area contributed by atoms with Crippen LogP contribution in [-0.2, 0) is 11.3 Å². The van der Waals surface area contributed by atoms with Crippen LogP contribution in [-0.4, -0.2) is 31.4 Å². The van der Waals surface area contributed by atoms with Crippen molar-refractivity contribution in [3.05, 3.63) is 65.3 Å². The lowest BCUT2D eigenvalue weighted by Gasteiger charge is -2.09. The van der Waals surface area contributed by atoms with Gasteiger partial charge in [-0.3, -0.25) is 9.36 Å². The van der Waals surface area contributed by atoms with Gasteiger partial charge in [-0.2, -0.15) is 0 Å². The summed E-state index contributed by atoms with van der Waals surface area (Å²) in [6.07, 6.45) is 3.21. The van der Waals surface area contributed by atoms with Gasteiger partial charge in [0, 0.05) is 18.3 Å². The molecule has 27 heavy (non-hydrogen) atoms. The van der Waals surface area contributed by atoms with Crippen LogP contribution in [0.1, 0.15) is 0 Å². The number of aromatic nitrogens is 4. The average Bonchev–Trinajstić information content (AvgIpc) is 3.05. The maximum absolute atomic E-state index is 12.2. The number of hydrogen-bond donors (Lipinski definition) is 1. The van der Waals surface area contributed by atoms with Crippen LogP contribution in [0.2, 0.25) is 10.0 Å². The van der Waals surface area contributed by atoms with Crippen molar-refractivity contribution in [2.24, 2.45) is 0 Å². The maximum Gasteiger partial charge on any atom is 0.236 e. The predicted molar refractivity (Wildman–Crippen MR) is 109 cm³/mol. The van der Waals surface area contributed by atoms with Gasteiger partial charge in [0.1, 0.15) is 5.82 Å². The highest BCUT2D eigenvalue weighted by molar-refractivity contribution is 7.99. The van der Waals surface area contributed by atoms with Crippen LogP contribution in [0, 0.1) is 0 Å². The quantitative estimate of drug-likeness (QED) is 0.448. The number of anilines is 1. The minimum atomic E-state index is -0.206. The van der Waals surface area contributed by atoms with Crippen molar-refractivity contribution in [3.63, 3.8) is 0 Å². The lowest BCUT2D eigenvalue weighted by molar-refractivity contribution is -0.113. The summed E-state index contributed by atoms with van der Waals surface area (Å²) in [4.78, 5) is 16.2. The normalized spacial score (nSPS) is 10.6. The molecule has 0 atom stereocenters. The summed E-state index contributed by atoms with van der Waals surface area (Å²) in [5.74, 6) is 1.02. The molecule has 0 radical (unpaired) electrons. The van der Waals surface area contributed by atoms with Crippen LogP contribution >= 0.6 is 35.0 Å². The molecule has 0 saturated heterocycles. The highest BCUT2D eigenvalue weighted by Gasteiger charge is 2.16. The number of amides is 1. The Balaban J connectivity index is 1.73. The molecule has 0 fully saturated rings.